The molecule has 0 unspecified atom stereocenters. The van der Waals surface area contributed by atoms with Gasteiger partial charge in [0.2, 0.25) is 0 Å². The summed E-state index contributed by atoms with van der Waals surface area (Å²) in [5.41, 5.74) is 1.95. The second-order valence-corrected chi connectivity index (χ2v) is 3.18. The Morgan fingerprint density at radius 1 is 1.58 bits per heavy atom. The van der Waals surface area contributed by atoms with E-state index < -0.39 is 0 Å². The van der Waals surface area contributed by atoms with Crippen LogP contribution in [-0.4, -0.2) is 14.9 Å². The third-order valence-electron chi connectivity index (χ3n) is 1.88. The number of nitrogens with zero attached hydrogens (tertiary/aromatic N) is 2. The van der Waals surface area contributed by atoms with Gasteiger partial charge in [-0.1, -0.05) is 6.92 Å². The van der Waals surface area contributed by atoms with Crippen LogP contribution in [0, 0.1) is 0 Å². The molecule has 68 valence electrons. The fourth-order valence-electron chi connectivity index (χ4n) is 1.28. The lowest BCUT2D eigenvalue weighted by Crippen LogP contribution is -2.06. The molecule has 1 aromatic rings. The number of rotatable bonds is 3. The molecule has 0 aliphatic carbocycles. The van der Waals surface area contributed by atoms with E-state index in [4.69, 9.17) is 5.11 Å². The Balaban J connectivity index is 3.00. The number of aromatic nitrogens is 2. The van der Waals surface area contributed by atoms with Gasteiger partial charge in [0.1, 0.15) is 0 Å². The zero-order chi connectivity index (χ0) is 9.14. The van der Waals surface area contributed by atoms with E-state index in [9.17, 15) is 0 Å². The van der Waals surface area contributed by atoms with Gasteiger partial charge in [-0.05, 0) is 26.3 Å². The van der Waals surface area contributed by atoms with Crippen LogP contribution in [-0.2, 0) is 13.0 Å². The van der Waals surface area contributed by atoms with Crippen LogP contribution in [0.2, 0.25) is 0 Å². The average Bonchev–Trinajstić information content (AvgIpc) is 2.47. The fourth-order valence-corrected chi connectivity index (χ4v) is 1.28. The summed E-state index contributed by atoms with van der Waals surface area (Å²) in [6.45, 7) is 6.31. The highest BCUT2D eigenvalue weighted by Crippen LogP contribution is 2.11. The molecule has 3 heteroatoms. The van der Waals surface area contributed by atoms with Gasteiger partial charge < -0.3 is 5.11 Å². The Kier molecular flexibility index (Phi) is 2.87. The molecular weight excluding hydrogens is 152 g/mol. The van der Waals surface area contributed by atoms with Crippen molar-refractivity contribution in [3.8, 4) is 0 Å². The number of aryl methyl sites for hydroxylation is 1. The minimum Gasteiger partial charge on any atom is -0.390 e. The van der Waals surface area contributed by atoms with Crippen LogP contribution >= 0.6 is 0 Å². The van der Waals surface area contributed by atoms with Crippen LogP contribution in [0.4, 0.5) is 0 Å². The standard InChI is InChI=1S/C9H16N2O/c1-4-9-5-8(6-12)10-11(9)7(2)3/h5,7,12H,4,6H2,1-3H3. The van der Waals surface area contributed by atoms with Crippen molar-refractivity contribution in [2.75, 3.05) is 0 Å². The molecule has 1 heterocycles. The van der Waals surface area contributed by atoms with Gasteiger partial charge in [-0.2, -0.15) is 5.10 Å². The Labute approximate surface area is 73.0 Å². The summed E-state index contributed by atoms with van der Waals surface area (Å²) in [4.78, 5) is 0. The summed E-state index contributed by atoms with van der Waals surface area (Å²) in [6, 6.07) is 2.33. The lowest BCUT2D eigenvalue weighted by Gasteiger charge is -2.08. The van der Waals surface area contributed by atoms with E-state index in [0.29, 0.717) is 6.04 Å². The quantitative estimate of drug-likeness (QED) is 0.743. The first-order valence-electron chi connectivity index (χ1n) is 4.37. The van der Waals surface area contributed by atoms with Crippen LogP contribution < -0.4 is 0 Å². The van der Waals surface area contributed by atoms with Gasteiger partial charge in [0, 0.05) is 11.7 Å². The molecule has 0 bridgehead atoms. The molecule has 1 aromatic heterocycles. The van der Waals surface area contributed by atoms with Crippen LogP contribution in [0.5, 0.6) is 0 Å². The molecule has 0 aromatic carbocycles. The maximum Gasteiger partial charge on any atom is 0.0881 e. The number of hydrogen-bond acceptors (Lipinski definition) is 2. The zero-order valence-electron chi connectivity index (χ0n) is 7.91. The molecule has 0 fully saturated rings. The summed E-state index contributed by atoms with van der Waals surface area (Å²) in [6.07, 6.45) is 0.963. The normalized spacial score (nSPS) is 11.1. The van der Waals surface area contributed by atoms with Gasteiger partial charge in [-0.25, -0.2) is 0 Å². The number of aliphatic hydroxyl groups excluding tert-OH is 1. The van der Waals surface area contributed by atoms with Gasteiger partial charge in [0.15, 0.2) is 0 Å². The van der Waals surface area contributed by atoms with Crippen LogP contribution in [0.15, 0.2) is 6.07 Å². The van der Waals surface area contributed by atoms with Crippen molar-refractivity contribution in [3.63, 3.8) is 0 Å². The van der Waals surface area contributed by atoms with Crippen molar-refractivity contribution in [1.29, 1.82) is 0 Å². The third kappa shape index (κ3) is 1.67. The van der Waals surface area contributed by atoms with Gasteiger partial charge in [-0.15, -0.1) is 0 Å². The Morgan fingerprint density at radius 3 is 2.58 bits per heavy atom. The first kappa shape index (κ1) is 9.26. The molecule has 0 amide bonds. The highest BCUT2D eigenvalue weighted by Gasteiger charge is 2.07. The molecule has 0 spiro atoms. The van der Waals surface area contributed by atoms with Crippen molar-refractivity contribution in [2.24, 2.45) is 0 Å². The Morgan fingerprint density at radius 2 is 2.25 bits per heavy atom. The monoisotopic (exact) mass is 168 g/mol. The van der Waals surface area contributed by atoms with Crippen LogP contribution in [0.25, 0.3) is 0 Å². The fraction of sp³-hybridized carbons (Fsp3) is 0.667. The van der Waals surface area contributed by atoms with Gasteiger partial charge >= 0.3 is 0 Å². The molecule has 0 saturated carbocycles. The van der Waals surface area contributed by atoms with Crippen molar-refractivity contribution in [1.82, 2.24) is 9.78 Å². The Hall–Kier alpha value is -0.830. The van der Waals surface area contributed by atoms with E-state index >= 15 is 0 Å². The zero-order valence-corrected chi connectivity index (χ0v) is 7.91. The smallest absolute Gasteiger partial charge is 0.0881 e. The highest BCUT2D eigenvalue weighted by molar-refractivity contribution is 5.10. The predicted octanol–water partition coefficient (Wildman–Crippen LogP) is 1.52. The minimum atomic E-state index is 0.0344. The SMILES string of the molecule is CCc1cc(CO)nn1C(C)C. The van der Waals surface area contributed by atoms with Crippen molar-refractivity contribution in [3.05, 3.63) is 17.5 Å². The molecule has 12 heavy (non-hydrogen) atoms. The lowest BCUT2D eigenvalue weighted by atomic mass is 10.3. The van der Waals surface area contributed by atoms with Crippen molar-refractivity contribution in [2.45, 2.75) is 39.8 Å². The topological polar surface area (TPSA) is 38.1 Å². The minimum absolute atomic E-state index is 0.0344. The molecule has 3 nitrogen and oxygen atoms in total. The largest absolute Gasteiger partial charge is 0.390 e. The summed E-state index contributed by atoms with van der Waals surface area (Å²) in [5, 5.41) is 13.1. The molecule has 0 saturated heterocycles. The third-order valence-corrected chi connectivity index (χ3v) is 1.88. The summed E-state index contributed by atoms with van der Waals surface area (Å²) < 4.78 is 1.96. The van der Waals surface area contributed by atoms with Crippen LogP contribution in [0.1, 0.15) is 38.2 Å². The van der Waals surface area contributed by atoms with Gasteiger partial charge in [-0.3, -0.25) is 4.68 Å². The van der Waals surface area contributed by atoms with Gasteiger partial charge in [0.25, 0.3) is 0 Å². The summed E-state index contributed by atoms with van der Waals surface area (Å²) >= 11 is 0. The van der Waals surface area contributed by atoms with Gasteiger partial charge in [0.05, 0.1) is 12.3 Å². The first-order chi connectivity index (χ1) is 5.69. The van der Waals surface area contributed by atoms with E-state index in [1.165, 1.54) is 5.69 Å². The average molecular weight is 168 g/mol. The molecule has 0 radical (unpaired) electrons. The van der Waals surface area contributed by atoms with Crippen molar-refractivity contribution < 1.29 is 5.11 Å². The van der Waals surface area contributed by atoms with E-state index in [1.54, 1.807) is 0 Å². The van der Waals surface area contributed by atoms with Crippen LogP contribution in [0.3, 0.4) is 0 Å². The van der Waals surface area contributed by atoms with E-state index in [0.717, 1.165) is 12.1 Å². The molecule has 0 atom stereocenters. The molecule has 1 N–H and O–H groups in total. The molecule has 1 rings (SSSR count). The summed E-state index contributed by atoms with van der Waals surface area (Å²) in [5.74, 6) is 0. The molecule has 0 aliphatic heterocycles. The van der Waals surface area contributed by atoms with E-state index in [2.05, 4.69) is 25.9 Å². The number of hydrogen-bond donors (Lipinski definition) is 1. The molecule has 0 aliphatic rings. The maximum atomic E-state index is 8.88. The second kappa shape index (κ2) is 3.72. The highest BCUT2D eigenvalue weighted by atomic mass is 16.3. The predicted molar refractivity (Wildman–Crippen MR) is 47.9 cm³/mol. The maximum absolute atomic E-state index is 8.88. The summed E-state index contributed by atoms with van der Waals surface area (Å²) in [7, 11) is 0. The Bertz CT molecular complexity index is 253. The lowest BCUT2D eigenvalue weighted by molar-refractivity contribution is 0.274. The molecular formula is C9H16N2O. The van der Waals surface area contributed by atoms with Crippen molar-refractivity contribution >= 4 is 0 Å². The number of aliphatic hydroxyl groups is 1. The second-order valence-electron chi connectivity index (χ2n) is 3.18. The van der Waals surface area contributed by atoms with E-state index in [1.807, 2.05) is 10.7 Å². The van der Waals surface area contributed by atoms with E-state index in [-0.39, 0.29) is 6.61 Å². The first-order valence-corrected chi connectivity index (χ1v) is 4.37.